The molecule has 0 saturated carbocycles. The molecule has 0 bridgehead atoms. The summed E-state index contributed by atoms with van der Waals surface area (Å²) in [7, 11) is 0. The summed E-state index contributed by atoms with van der Waals surface area (Å²) in [6, 6.07) is 4.47. The molecule has 0 amide bonds. The van der Waals surface area contributed by atoms with Crippen molar-refractivity contribution in [2.45, 2.75) is 13.8 Å². The van der Waals surface area contributed by atoms with Crippen molar-refractivity contribution in [3.63, 3.8) is 0 Å². The van der Waals surface area contributed by atoms with E-state index in [0.717, 1.165) is 0 Å². The van der Waals surface area contributed by atoms with Crippen LogP contribution in [0.2, 0.25) is 5.02 Å². The lowest BCUT2D eigenvalue weighted by molar-refractivity contribution is 0.421. The predicted octanol–water partition coefficient (Wildman–Crippen LogP) is 2.93. The first-order chi connectivity index (χ1) is 6.25. The third-order valence-electron chi connectivity index (χ3n) is 1.09. The lowest BCUT2D eigenvalue weighted by Crippen LogP contribution is -1.83. The molecular weight excluding hydrogens is 190 g/mol. The van der Waals surface area contributed by atoms with Gasteiger partial charge in [-0.25, -0.2) is 0 Å². The van der Waals surface area contributed by atoms with Gasteiger partial charge in [0.25, 0.3) is 6.26 Å². The second-order valence-corrected chi connectivity index (χ2v) is 2.19. The second-order valence-electron chi connectivity index (χ2n) is 1.78. The smallest absolute Gasteiger partial charge is 0.292 e. The van der Waals surface area contributed by atoms with Gasteiger partial charge in [0.1, 0.15) is 0 Å². The predicted molar refractivity (Wildman–Crippen MR) is 50.7 cm³/mol. The van der Waals surface area contributed by atoms with Gasteiger partial charge in [-0.15, -0.1) is 5.26 Å². The summed E-state index contributed by atoms with van der Waals surface area (Å²) in [6.45, 7) is 4.00. The highest BCUT2D eigenvalue weighted by atomic mass is 35.5. The number of nitriles is 1. The first-order valence-corrected chi connectivity index (χ1v) is 4.17. The molecule has 0 spiro atoms. The first-order valence-electron chi connectivity index (χ1n) is 3.79. The average molecular weight is 200 g/mol. The number of nitrogens with zero attached hydrogens (tertiary/aromatic N) is 1. The van der Waals surface area contributed by atoms with Crippen molar-refractivity contribution in [3.05, 3.63) is 23.2 Å². The Hall–Kier alpha value is -1.40. The van der Waals surface area contributed by atoms with Crippen molar-refractivity contribution >= 4 is 11.6 Å². The summed E-state index contributed by atoms with van der Waals surface area (Å²) in [5.74, 6) is -0.143. The number of aromatic hydroxyl groups is 1. The van der Waals surface area contributed by atoms with Crippen LogP contribution >= 0.6 is 11.6 Å². The van der Waals surface area contributed by atoms with E-state index in [-0.39, 0.29) is 16.5 Å². The molecule has 0 aliphatic heterocycles. The molecule has 1 rings (SSSR count). The molecule has 0 saturated heterocycles. The first kappa shape index (κ1) is 11.6. The van der Waals surface area contributed by atoms with E-state index >= 15 is 0 Å². The van der Waals surface area contributed by atoms with Crippen LogP contribution in [0.3, 0.4) is 0 Å². The lowest BCUT2D eigenvalue weighted by atomic mass is 10.3. The Morgan fingerprint density at radius 1 is 1.46 bits per heavy atom. The van der Waals surface area contributed by atoms with Crippen LogP contribution in [-0.4, -0.2) is 5.11 Å². The number of hydrogen-bond acceptors (Lipinski definition) is 3. The van der Waals surface area contributed by atoms with Crippen molar-refractivity contribution in [2.24, 2.45) is 0 Å². The Kier molecular flexibility index (Phi) is 5.49. The Morgan fingerprint density at radius 3 is 2.54 bits per heavy atom. The Labute approximate surface area is 82.1 Å². The lowest BCUT2D eigenvalue weighted by Gasteiger charge is -2.00. The van der Waals surface area contributed by atoms with E-state index in [0.29, 0.717) is 0 Å². The van der Waals surface area contributed by atoms with Gasteiger partial charge >= 0.3 is 0 Å². The number of para-hydroxylation sites is 1. The molecule has 0 aliphatic carbocycles. The van der Waals surface area contributed by atoms with Crippen molar-refractivity contribution in [1.82, 2.24) is 0 Å². The highest BCUT2D eigenvalue weighted by Crippen LogP contribution is 2.33. The van der Waals surface area contributed by atoms with Crippen LogP contribution in [-0.2, 0) is 0 Å². The number of ether oxygens (including phenoxy) is 1. The fraction of sp³-hybridized carbons (Fsp3) is 0.222. The van der Waals surface area contributed by atoms with E-state index in [9.17, 15) is 0 Å². The van der Waals surface area contributed by atoms with E-state index < -0.39 is 0 Å². The normalized spacial score (nSPS) is 7.85. The van der Waals surface area contributed by atoms with E-state index in [1.807, 2.05) is 13.8 Å². The van der Waals surface area contributed by atoms with E-state index in [1.165, 1.54) is 18.4 Å². The molecule has 4 heteroatoms. The number of benzene rings is 1. The average Bonchev–Trinajstić information content (AvgIpc) is 2.15. The minimum Gasteiger partial charge on any atom is -0.504 e. The van der Waals surface area contributed by atoms with Gasteiger partial charge in [-0.2, -0.15) is 0 Å². The molecular formula is C9H10ClNO2. The molecule has 70 valence electrons. The highest BCUT2D eigenvalue weighted by molar-refractivity contribution is 6.32. The molecule has 0 radical (unpaired) electrons. The van der Waals surface area contributed by atoms with Gasteiger partial charge in [0.15, 0.2) is 5.75 Å². The number of rotatable bonds is 1. The summed E-state index contributed by atoms with van der Waals surface area (Å²) in [5.41, 5.74) is 0. The van der Waals surface area contributed by atoms with Gasteiger partial charge in [-0.1, -0.05) is 31.5 Å². The molecule has 0 heterocycles. The molecule has 0 atom stereocenters. The maximum absolute atomic E-state index is 9.06. The number of hydrogen-bond donors (Lipinski definition) is 1. The van der Waals surface area contributed by atoms with Crippen molar-refractivity contribution in [2.75, 3.05) is 0 Å². The zero-order valence-electron chi connectivity index (χ0n) is 7.41. The van der Waals surface area contributed by atoms with E-state index in [1.54, 1.807) is 6.07 Å². The zero-order valence-corrected chi connectivity index (χ0v) is 8.17. The molecule has 1 aromatic carbocycles. The van der Waals surface area contributed by atoms with Crippen LogP contribution < -0.4 is 4.74 Å². The maximum Gasteiger partial charge on any atom is 0.292 e. The molecule has 1 aromatic rings. The number of phenols is 1. The standard InChI is InChI=1S/C7H4ClNO2.C2H6/c8-5-2-1-3-6(10)7(5)11-4-9;1-2/h1-3,10H;1-2H3. The van der Waals surface area contributed by atoms with Gasteiger partial charge in [0, 0.05) is 0 Å². The van der Waals surface area contributed by atoms with Crippen molar-refractivity contribution < 1.29 is 9.84 Å². The zero-order chi connectivity index (χ0) is 10.3. The van der Waals surface area contributed by atoms with Crippen molar-refractivity contribution in [1.29, 1.82) is 5.26 Å². The van der Waals surface area contributed by atoms with Gasteiger partial charge < -0.3 is 9.84 Å². The van der Waals surface area contributed by atoms with Crippen LogP contribution in [0.5, 0.6) is 11.5 Å². The fourth-order valence-corrected chi connectivity index (χ4v) is 0.852. The summed E-state index contributed by atoms with van der Waals surface area (Å²) < 4.78 is 4.39. The molecule has 1 N–H and O–H groups in total. The molecule has 0 aliphatic rings. The molecule has 0 unspecified atom stereocenters. The van der Waals surface area contributed by atoms with Crippen LogP contribution in [0.1, 0.15) is 13.8 Å². The van der Waals surface area contributed by atoms with E-state index in [2.05, 4.69) is 4.74 Å². The van der Waals surface area contributed by atoms with Gasteiger partial charge in [0.2, 0.25) is 5.75 Å². The Balaban J connectivity index is 0.000000671. The fourth-order valence-electron chi connectivity index (χ4n) is 0.644. The number of halogens is 1. The minimum absolute atomic E-state index is 0.00309. The Bertz CT molecular complexity index is 287. The minimum atomic E-state index is -0.140. The highest BCUT2D eigenvalue weighted by Gasteiger charge is 2.05. The molecule has 0 fully saturated rings. The summed E-state index contributed by atoms with van der Waals surface area (Å²) in [6.07, 6.45) is 1.42. The molecule has 13 heavy (non-hydrogen) atoms. The molecule has 3 nitrogen and oxygen atoms in total. The number of phenolic OH excluding ortho intramolecular Hbond substituents is 1. The van der Waals surface area contributed by atoms with Crippen LogP contribution in [0.15, 0.2) is 18.2 Å². The summed E-state index contributed by atoms with van der Waals surface area (Å²) in [5, 5.41) is 17.4. The van der Waals surface area contributed by atoms with Gasteiger partial charge in [-0.05, 0) is 12.1 Å². The summed E-state index contributed by atoms with van der Waals surface area (Å²) in [4.78, 5) is 0. The third-order valence-corrected chi connectivity index (χ3v) is 1.39. The van der Waals surface area contributed by atoms with Crippen LogP contribution in [0.4, 0.5) is 0 Å². The molecule has 0 aromatic heterocycles. The van der Waals surface area contributed by atoms with Crippen LogP contribution in [0.25, 0.3) is 0 Å². The van der Waals surface area contributed by atoms with Gasteiger partial charge in [-0.3, -0.25) is 0 Å². The topological polar surface area (TPSA) is 53.2 Å². The van der Waals surface area contributed by atoms with Gasteiger partial charge in [0.05, 0.1) is 5.02 Å². The monoisotopic (exact) mass is 199 g/mol. The van der Waals surface area contributed by atoms with Crippen LogP contribution in [0, 0.1) is 11.5 Å². The largest absolute Gasteiger partial charge is 0.504 e. The quantitative estimate of drug-likeness (QED) is 0.708. The SMILES string of the molecule is CC.N#COc1c(O)cccc1Cl. The summed E-state index contributed by atoms with van der Waals surface area (Å²) >= 11 is 5.57. The van der Waals surface area contributed by atoms with E-state index in [4.69, 9.17) is 22.0 Å². The second kappa shape index (κ2) is 6.15. The van der Waals surface area contributed by atoms with Crippen molar-refractivity contribution in [3.8, 4) is 17.8 Å². The maximum atomic E-state index is 9.06. The Morgan fingerprint density at radius 2 is 2.08 bits per heavy atom. The third kappa shape index (κ3) is 3.22.